The molecule has 0 saturated heterocycles. The molecule has 0 bridgehead atoms. The van der Waals surface area contributed by atoms with Crippen LogP contribution in [0.2, 0.25) is 0 Å². The lowest BCUT2D eigenvalue weighted by atomic mass is 10.1. The average Bonchev–Trinajstić information content (AvgIpc) is 2.52. The number of amidine groups is 1. The number of oxime groups is 1. The quantitative estimate of drug-likeness (QED) is 0.383. The van der Waals surface area contributed by atoms with Gasteiger partial charge in [0.25, 0.3) is 0 Å². The van der Waals surface area contributed by atoms with Crippen molar-refractivity contribution in [2.75, 3.05) is 11.4 Å². The van der Waals surface area contributed by atoms with Crippen LogP contribution in [0.25, 0.3) is 0 Å². The summed E-state index contributed by atoms with van der Waals surface area (Å²) in [6, 6.07) is 16.3. The van der Waals surface area contributed by atoms with Crippen LogP contribution in [0, 0.1) is 6.92 Å². The van der Waals surface area contributed by atoms with Crippen LogP contribution in [0.5, 0.6) is 0 Å². The van der Waals surface area contributed by atoms with Crippen molar-refractivity contribution in [3.05, 3.63) is 65.2 Å². The van der Waals surface area contributed by atoms with Gasteiger partial charge < -0.3 is 15.8 Å². The van der Waals surface area contributed by atoms with E-state index in [-0.39, 0.29) is 5.84 Å². The molecule has 2 aromatic carbocycles. The number of rotatable bonds is 5. The molecule has 0 aliphatic rings. The van der Waals surface area contributed by atoms with Crippen molar-refractivity contribution in [3.63, 3.8) is 0 Å². The van der Waals surface area contributed by atoms with E-state index in [9.17, 15) is 0 Å². The second kappa shape index (κ2) is 6.79. The minimum Gasteiger partial charge on any atom is -0.409 e. The van der Waals surface area contributed by atoms with Gasteiger partial charge in [0, 0.05) is 24.3 Å². The number of hydrogen-bond acceptors (Lipinski definition) is 3. The van der Waals surface area contributed by atoms with Crippen molar-refractivity contribution in [2.24, 2.45) is 10.9 Å². The zero-order valence-electron chi connectivity index (χ0n) is 12.5. The third kappa shape index (κ3) is 3.54. The van der Waals surface area contributed by atoms with Gasteiger partial charge in [-0.1, -0.05) is 35.5 Å². The van der Waals surface area contributed by atoms with E-state index in [0.717, 1.165) is 29.9 Å². The van der Waals surface area contributed by atoms with E-state index in [0.29, 0.717) is 0 Å². The van der Waals surface area contributed by atoms with Gasteiger partial charge in [0.1, 0.15) is 0 Å². The van der Waals surface area contributed by atoms with E-state index in [1.807, 2.05) is 25.1 Å². The van der Waals surface area contributed by atoms with Crippen LogP contribution in [-0.2, 0) is 6.54 Å². The molecule has 0 amide bonds. The molecule has 0 spiro atoms. The van der Waals surface area contributed by atoms with E-state index in [1.54, 1.807) is 0 Å². The summed E-state index contributed by atoms with van der Waals surface area (Å²) in [5.41, 5.74) is 9.83. The second-order valence-electron chi connectivity index (χ2n) is 4.98. The smallest absolute Gasteiger partial charge is 0.170 e. The Morgan fingerprint density at radius 3 is 2.48 bits per heavy atom. The van der Waals surface area contributed by atoms with Crippen LogP contribution in [0.3, 0.4) is 0 Å². The standard InChI is InChI=1S/C17H21N3O/c1-3-20(12-14-7-5-4-6-8-14)15-9-10-16(13(2)11-15)17(18)19-21/h4-11,21H,3,12H2,1-2H3,(H2,18,19). The van der Waals surface area contributed by atoms with Crippen molar-refractivity contribution in [3.8, 4) is 0 Å². The maximum Gasteiger partial charge on any atom is 0.170 e. The highest BCUT2D eigenvalue weighted by molar-refractivity contribution is 5.98. The molecule has 0 fully saturated rings. The fourth-order valence-corrected chi connectivity index (χ4v) is 2.38. The van der Waals surface area contributed by atoms with E-state index in [1.165, 1.54) is 5.56 Å². The highest BCUT2D eigenvalue weighted by Gasteiger charge is 2.09. The molecule has 0 radical (unpaired) electrons. The molecule has 4 nitrogen and oxygen atoms in total. The molecule has 4 heteroatoms. The first-order valence-electron chi connectivity index (χ1n) is 7.03. The highest BCUT2D eigenvalue weighted by Crippen LogP contribution is 2.21. The first kappa shape index (κ1) is 14.9. The summed E-state index contributed by atoms with van der Waals surface area (Å²) in [7, 11) is 0. The van der Waals surface area contributed by atoms with Crippen LogP contribution < -0.4 is 10.6 Å². The van der Waals surface area contributed by atoms with E-state index in [2.05, 4.69) is 47.3 Å². The Balaban J connectivity index is 2.25. The molecule has 0 atom stereocenters. The fourth-order valence-electron chi connectivity index (χ4n) is 2.38. The largest absolute Gasteiger partial charge is 0.409 e. The van der Waals surface area contributed by atoms with E-state index < -0.39 is 0 Å². The molecule has 0 heterocycles. The number of nitrogens with zero attached hydrogens (tertiary/aromatic N) is 2. The summed E-state index contributed by atoms with van der Waals surface area (Å²) in [5, 5.41) is 11.8. The van der Waals surface area contributed by atoms with Crippen LogP contribution in [0.4, 0.5) is 5.69 Å². The topological polar surface area (TPSA) is 61.8 Å². The molecule has 2 aromatic rings. The van der Waals surface area contributed by atoms with Gasteiger partial charge in [-0.3, -0.25) is 0 Å². The van der Waals surface area contributed by atoms with E-state index in [4.69, 9.17) is 10.9 Å². The average molecular weight is 283 g/mol. The molecule has 110 valence electrons. The Morgan fingerprint density at radius 2 is 1.90 bits per heavy atom. The predicted molar refractivity (Wildman–Crippen MR) is 86.9 cm³/mol. The zero-order valence-corrected chi connectivity index (χ0v) is 12.5. The number of anilines is 1. The van der Waals surface area contributed by atoms with Gasteiger partial charge >= 0.3 is 0 Å². The van der Waals surface area contributed by atoms with Crippen molar-refractivity contribution in [1.29, 1.82) is 0 Å². The third-order valence-electron chi connectivity index (χ3n) is 3.56. The number of benzene rings is 2. The van der Waals surface area contributed by atoms with Gasteiger partial charge in [0.05, 0.1) is 0 Å². The molecule has 0 unspecified atom stereocenters. The summed E-state index contributed by atoms with van der Waals surface area (Å²) < 4.78 is 0. The maximum atomic E-state index is 8.78. The van der Waals surface area contributed by atoms with Crippen LogP contribution in [0.15, 0.2) is 53.7 Å². The molecule has 21 heavy (non-hydrogen) atoms. The van der Waals surface area contributed by atoms with Gasteiger partial charge in [-0.25, -0.2) is 0 Å². The fraction of sp³-hybridized carbons (Fsp3) is 0.235. The lowest BCUT2D eigenvalue weighted by Crippen LogP contribution is -2.22. The number of nitrogens with two attached hydrogens (primary N) is 1. The number of aryl methyl sites for hydroxylation is 1. The molecule has 3 N–H and O–H groups in total. The molecule has 0 aliphatic carbocycles. The van der Waals surface area contributed by atoms with Crippen molar-refractivity contribution in [1.82, 2.24) is 0 Å². The van der Waals surface area contributed by atoms with Crippen LogP contribution >= 0.6 is 0 Å². The minimum absolute atomic E-state index is 0.144. The molecule has 2 rings (SSSR count). The van der Waals surface area contributed by atoms with Crippen molar-refractivity contribution < 1.29 is 5.21 Å². The summed E-state index contributed by atoms with van der Waals surface area (Å²) in [4.78, 5) is 2.29. The number of hydrogen-bond donors (Lipinski definition) is 2. The second-order valence-corrected chi connectivity index (χ2v) is 4.98. The lowest BCUT2D eigenvalue weighted by Gasteiger charge is -2.24. The predicted octanol–water partition coefficient (Wildman–Crippen LogP) is 3.12. The van der Waals surface area contributed by atoms with Gasteiger partial charge in [-0.05, 0) is 43.2 Å². The van der Waals surface area contributed by atoms with E-state index >= 15 is 0 Å². The van der Waals surface area contributed by atoms with Crippen LogP contribution in [0.1, 0.15) is 23.6 Å². The molecular weight excluding hydrogens is 262 g/mol. The monoisotopic (exact) mass is 283 g/mol. The van der Waals surface area contributed by atoms with Gasteiger partial charge in [0.15, 0.2) is 5.84 Å². The zero-order chi connectivity index (χ0) is 15.2. The van der Waals surface area contributed by atoms with Gasteiger partial charge in [-0.15, -0.1) is 0 Å². The normalized spacial score (nSPS) is 11.4. The molecule has 0 aliphatic heterocycles. The Labute approximate surface area is 125 Å². The third-order valence-corrected chi connectivity index (χ3v) is 3.56. The maximum absolute atomic E-state index is 8.78. The highest BCUT2D eigenvalue weighted by atomic mass is 16.4. The van der Waals surface area contributed by atoms with Crippen LogP contribution in [-0.4, -0.2) is 17.6 Å². The first-order chi connectivity index (χ1) is 10.2. The molecular formula is C17H21N3O. The summed E-state index contributed by atoms with van der Waals surface area (Å²) in [6.07, 6.45) is 0. The Hall–Kier alpha value is -2.49. The Morgan fingerprint density at radius 1 is 1.19 bits per heavy atom. The minimum atomic E-state index is 0.144. The van der Waals surface area contributed by atoms with Crippen molar-refractivity contribution >= 4 is 11.5 Å². The molecule has 0 aromatic heterocycles. The summed E-state index contributed by atoms with van der Waals surface area (Å²) >= 11 is 0. The lowest BCUT2D eigenvalue weighted by molar-refractivity contribution is 0.318. The first-order valence-corrected chi connectivity index (χ1v) is 7.03. The summed E-state index contributed by atoms with van der Waals surface area (Å²) in [5.74, 6) is 0.144. The SMILES string of the molecule is CCN(Cc1ccccc1)c1ccc(/C(N)=N/O)c(C)c1. The Bertz CT molecular complexity index is 623. The molecule has 0 saturated carbocycles. The Kier molecular flexibility index (Phi) is 4.82. The van der Waals surface area contributed by atoms with Crippen molar-refractivity contribution in [2.45, 2.75) is 20.4 Å². The van der Waals surface area contributed by atoms with Gasteiger partial charge in [0.2, 0.25) is 0 Å². The summed E-state index contributed by atoms with van der Waals surface area (Å²) in [6.45, 7) is 5.87. The van der Waals surface area contributed by atoms with Gasteiger partial charge in [-0.2, -0.15) is 0 Å².